The first-order valence-corrected chi connectivity index (χ1v) is 7.86. The molecule has 4 N–H and O–H groups in total. The summed E-state index contributed by atoms with van der Waals surface area (Å²) in [6, 6.07) is 6.40. The molecule has 1 saturated carbocycles. The molecule has 0 saturated heterocycles. The zero-order valence-corrected chi connectivity index (χ0v) is 14.7. The van der Waals surface area contributed by atoms with Crippen LogP contribution in [0.4, 0.5) is 0 Å². The lowest BCUT2D eigenvalue weighted by Gasteiger charge is -2.16. The van der Waals surface area contributed by atoms with Crippen LogP contribution in [0.1, 0.15) is 30.1 Å². The van der Waals surface area contributed by atoms with Gasteiger partial charge in [0.05, 0.1) is 0 Å². The van der Waals surface area contributed by atoms with Crippen molar-refractivity contribution in [1.29, 1.82) is 0 Å². The third-order valence-corrected chi connectivity index (χ3v) is 4.12. The fraction of sp³-hybridized carbons (Fsp3) is 0.467. The van der Waals surface area contributed by atoms with Crippen LogP contribution in [0.25, 0.3) is 0 Å². The molecule has 7 heteroatoms. The number of hydrogen-bond donors (Lipinski definition) is 3. The molecule has 0 heterocycles. The Morgan fingerprint density at radius 3 is 2.45 bits per heavy atom. The molecule has 2 atom stereocenters. The quantitative estimate of drug-likeness (QED) is 0.693. The zero-order chi connectivity index (χ0) is 15.4. The number of amides is 2. The number of nitrogens with two attached hydrogens (primary N) is 1. The lowest BCUT2D eigenvalue weighted by Crippen LogP contribution is -2.48. The maximum absolute atomic E-state index is 12.0. The average molecular weight is 391 g/mol. The van der Waals surface area contributed by atoms with Gasteiger partial charge in [0.15, 0.2) is 0 Å². The Balaban J connectivity index is 0.00000242. The molecule has 22 heavy (non-hydrogen) atoms. The smallest absolute Gasteiger partial charge is 0.251 e. The van der Waals surface area contributed by atoms with E-state index in [9.17, 15) is 9.59 Å². The van der Waals surface area contributed by atoms with E-state index in [-0.39, 0.29) is 30.3 Å². The third-order valence-electron chi connectivity index (χ3n) is 3.59. The molecule has 1 aromatic rings. The molecule has 0 bridgehead atoms. The van der Waals surface area contributed by atoms with E-state index in [1.807, 2.05) is 0 Å². The number of hydrogen-bond acceptors (Lipinski definition) is 3. The Kier molecular flexibility index (Phi) is 7.32. The average Bonchev–Trinajstić information content (AvgIpc) is 3.29. The lowest BCUT2D eigenvalue weighted by molar-refractivity contribution is -0.122. The van der Waals surface area contributed by atoms with Gasteiger partial charge in [-0.05, 0) is 49.9 Å². The van der Waals surface area contributed by atoms with Crippen LogP contribution in [-0.4, -0.2) is 30.4 Å². The molecule has 2 amide bonds. The highest BCUT2D eigenvalue weighted by Gasteiger charge is 2.29. The van der Waals surface area contributed by atoms with E-state index in [0.29, 0.717) is 18.0 Å². The Morgan fingerprint density at radius 1 is 1.32 bits per heavy atom. The summed E-state index contributed by atoms with van der Waals surface area (Å²) in [5.41, 5.74) is 6.45. The first kappa shape index (κ1) is 18.9. The van der Waals surface area contributed by atoms with Crippen molar-refractivity contribution >= 4 is 40.2 Å². The molecular formula is C15H21BrClN3O2. The summed E-state index contributed by atoms with van der Waals surface area (Å²) in [4.78, 5) is 23.9. The highest BCUT2D eigenvalue weighted by Crippen LogP contribution is 2.31. The Bertz CT molecular complexity index is 520. The number of carbonyl (C=O) groups is 2. The van der Waals surface area contributed by atoms with Crippen LogP contribution >= 0.6 is 28.3 Å². The molecule has 0 aliphatic heterocycles. The molecule has 122 valence electrons. The van der Waals surface area contributed by atoms with Crippen LogP contribution in [0.3, 0.4) is 0 Å². The summed E-state index contributed by atoms with van der Waals surface area (Å²) in [5, 5.41) is 5.46. The molecule has 1 aliphatic carbocycles. The minimum atomic E-state index is -0.590. The molecule has 0 aromatic heterocycles. The maximum atomic E-state index is 12.0. The van der Waals surface area contributed by atoms with Gasteiger partial charge in [-0.15, -0.1) is 12.4 Å². The second kappa shape index (κ2) is 8.50. The molecule has 5 nitrogen and oxygen atoms in total. The van der Waals surface area contributed by atoms with Crippen molar-refractivity contribution in [3.8, 4) is 0 Å². The summed E-state index contributed by atoms with van der Waals surface area (Å²) in [6.07, 6.45) is 2.29. The molecule has 1 aromatic carbocycles. The summed E-state index contributed by atoms with van der Waals surface area (Å²) < 4.78 is 0.902. The first-order chi connectivity index (χ1) is 9.97. The highest BCUT2D eigenvalue weighted by atomic mass is 79.9. The molecule has 2 rings (SSSR count). The van der Waals surface area contributed by atoms with Crippen LogP contribution in [0.5, 0.6) is 0 Å². The van der Waals surface area contributed by atoms with E-state index < -0.39 is 6.04 Å². The SMILES string of the molecule is CC(NC(=O)c1ccc(Br)cc1)C(=O)NCC(N)C1CC1.Cl. The van der Waals surface area contributed by atoms with Gasteiger partial charge in [-0.1, -0.05) is 15.9 Å². The van der Waals surface area contributed by atoms with E-state index in [1.54, 1.807) is 31.2 Å². The lowest BCUT2D eigenvalue weighted by atomic mass is 10.2. The number of benzene rings is 1. The summed E-state index contributed by atoms with van der Waals surface area (Å²) >= 11 is 3.31. The van der Waals surface area contributed by atoms with Crippen LogP contribution < -0.4 is 16.4 Å². The second-order valence-electron chi connectivity index (χ2n) is 5.45. The van der Waals surface area contributed by atoms with Gasteiger partial charge in [0.2, 0.25) is 5.91 Å². The third kappa shape index (κ3) is 5.59. The Morgan fingerprint density at radius 2 is 1.91 bits per heavy atom. The predicted octanol–water partition coefficient (Wildman–Crippen LogP) is 1.84. The van der Waals surface area contributed by atoms with Crippen molar-refractivity contribution in [2.45, 2.75) is 31.8 Å². The van der Waals surface area contributed by atoms with Gasteiger partial charge in [0, 0.05) is 22.6 Å². The number of rotatable bonds is 6. The highest BCUT2D eigenvalue weighted by molar-refractivity contribution is 9.10. The summed E-state index contributed by atoms with van der Waals surface area (Å²) in [7, 11) is 0. The van der Waals surface area contributed by atoms with Crippen LogP contribution in [0, 0.1) is 5.92 Å². The van der Waals surface area contributed by atoms with Gasteiger partial charge in [-0.3, -0.25) is 9.59 Å². The van der Waals surface area contributed by atoms with E-state index >= 15 is 0 Å². The summed E-state index contributed by atoms with van der Waals surface area (Å²) in [5.74, 6) is 0.0613. The van der Waals surface area contributed by atoms with Crippen molar-refractivity contribution in [3.05, 3.63) is 34.3 Å². The van der Waals surface area contributed by atoms with E-state index in [1.165, 1.54) is 0 Å². The number of carbonyl (C=O) groups excluding carboxylic acids is 2. The zero-order valence-electron chi connectivity index (χ0n) is 12.3. The standard InChI is InChI=1S/C15H20BrN3O2.ClH/c1-9(14(20)18-8-13(17)10-2-3-10)19-15(21)11-4-6-12(16)7-5-11;/h4-7,9-10,13H,2-3,8,17H2,1H3,(H,18,20)(H,19,21);1H. The Hall–Kier alpha value is -1.11. The van der Waals surface area contributed by atoms with Gasteiger partial charge in [-0.25, -0.2) is 0 Å². The van der Waals surface area contributed by atoms with Crippen molar-refractivity contribution in [1.82, 2.24) is 10.6 Å². The molecular weight excluding hydrogens is 370 g/mol. The van der Waals surface area contributed by atoms with Crippen LogP contribution in [-0.2, 0) is 4.79 Å². The van der Waals surface area contributed by atoms with Gasteiger partial charge < -0.3 is 16.4 Å². The van der Waals surface area contributed by atoms with E-state index in [0.717, 1.165) is 17.3 Å². The van der Waals surface area contributed by atoms with Gasteiger partial charge >= 0.3 is 0 Å². The minimum Gasteiger partial charge on any atom is -0.353 e. The molecule has 0 spiro atoms. The van der Waals surface area contributed by atoms with E-state index in [2.05, 4.69) is 26.6 Å². The van der Waals surface area contributed by atoms with Gasteiger partial charge in [-0.2, -0.15) is 0 Å². The predicted molar refractivity (Wildman–Crippen MR) is 92.0 cm³/mol. The number of halogens is 2. The van der Waals surface area contributed by atoms with Crippen molar-refractivity contribution in [2.24, 2.45) is 11.7 Å². The fourth-order valence-corrected chi connectivity index (χ4v) is 2.27. The molecule has 2 unspecified atom stereocenters. The number of nitrogens with one attached hydrogen (secondary N) is 2. The monoisotopic (exact) mass is 389 g/mol. The topological polar surface area (TPSA) is 84.2 Å². The molecule has 0 radical (unpaired) electrons. The fourth-order valence-electron chi connectivity index (χ4n) is 2.01. The second-order valence-corrected chi connectivity index (χ2v) is 6.36. The van der Waals surface area contributed by atoms with Gasteiger partial charge in [0.25, 0.3) is 5.91 Å². The molecule has 1 fully saturated rings. The van der Waals surface area contributed by atoms with Crippen molar-refractivity contribution in [3.63, 3.8) is 0 Å². The van der Waals surface area contributed by atoms with Crippen molar-refractivity contribution < 1.29 is 9.59 Å². The maximum Gasteiger partial charge on any atom is 0.251 e. The molecule has 1 aliphatic rings. The van der Waals surface area contributed by atoms with E-state index in [4.69, 9.17) is 5.73 Å². The first-order valence-electron chi connectivity index (χ1n) is 7.07. The normalized spacial score (nSPS) is 16.1. The van der Waals surface area contributed by atoms with Crippen molar-refractivity contribution in [2.75, 3.05) is 6.54 Å². The van der Waals surface area contributed by atoms with Gasteiger partial charge in [0.1, 0.15) is 6.04 Å². The van der Waals surface area contributed by atoms with Crippen LogP contribution in [0.2, 0.25) is 0 Å². The largest absolute Gasteiger partial charge is 0.353 e. The summed E-state index contributed by atoms with van der Waals surface area (Å²) in [6.45, 7) is 2.12. The Labute approximate surface area is 144 Å². The van der Waals surface area contributed by atoms with Crippen LogP contribution in [0.15, 0.2) is 28.7 Å². The minimum absolute atomic E-state index is 0.